The molecule has 0 fully saturated rings. The van der Waals surface area contributed by atoms with Crippen LogP contribution in [-0.2, 0) is 9.84 Å². The highest BCUT2D eigenvalue weighted by Crippen LogP contribution is 2.16. The average Bonchev–Trinajstić information content (AvgIpc) is 2.36. The van der Waals surface area contributed by atoms with Crippen molar-refractivity contribution in [2.75, 3.05) is 11.5 Å². The lowest BCUT2D eigenvalue weighted by Gasteiger charge is -2.10. The van der Waals surface area contributed by atoms with Crippen molar-refractivity contribution in [2.45, 2.75) is 13.0 Å². The topological polar surface area (TPSA) is 78.2 Å². The summed E-state index contributed by atoms with van der Waals surface area (Å²) in [5, 5.41) is 18.5. The molecule has 0 amide bonds. The van der Waals surface area contributed by atoms with Crippen molar-refractivity contribution in [3.8, 4) is 6.07 Å². The first kappa shape index (κ1) is 14.4. The van der Waals surface area contributed by atoms with Gasteiger partial charge in [-0.2, -0.15) is 5.26 Å². The predicted molar refractivity (Wildman–Crippen MR) is 69.6 cm³/mol. The fourth-order valence-electron chi connectivity index (χ4n) is 1.43. The number of aliphatic hydroxyl groups is 1. The second kappa shape index (κ2) is 6.34. The normalized spacial score (nSPS) is 13.4. The van der Waals surface area contributed by atoms with Crippen molar-refractivity contribution in [1.29, 1.82) is 5.26 Å². The Morgan fingerprint density at radius 2 is 2.00 bits per heavy atom. The SMILES string of the molecule is C/C=C/CS(=O)(=O)CC(O)c1ccc(C#N)cc1. The molecule has 1 unspecified atom stereocenters. The minimum Gasteiger partial charge on any atom is -0.387 e. The van der Waals surface area contributed by atoms with E-state index in [0.717, 1.165) is 0 Å². The monoisotopic (exact) mass is 265 g/mol. The van der Waals surface area contributed by atoms with Gasteiger partial charge in [-0.1, -0.05) is 24.3 Å². The van der Waals surface area contributed by atoms with Gasteiger partial charge >= 0.3 is 0 Å². The van der Waals surface area contributed by atoms with Gasteiger partial charge in [0.2, 0.25) is 0 Å². The first-order chi connectivity index (χ1) is 8.48. The maximum Gasteiger partial charge on any atom is 0.156 e. The Hall–Kier alpha value is -1.64. The Morgan fingerprint density at radius 3 is 2.50 bits per heavy atom. The van der Waals surface area contributed by atoms with E-state index in [2.05, 4.69) is 0 Å². The van der Waals surface area contributed by atoms with Gasteiger partial charge in [0.05, 0.1) is 29.2 Å². The summed E-state index contributed by atoms with van der Waals surface area (Å²) in [5.74, 6) is -0.389. The largest absolute Gasteiger partial charge is 0.387 e. The molecule has 0 aliphatic carbocycles. The number of sulfone groups is 1. The summed E-state index contributed by atoms with van der Waals surface area (Å²) in [7, 11) is -3.31. The van der Waals surface area contributed by atoms with Gasteiger partial charge in [0.25, 0.3) is 0 Å². The fraction of sp³-hybridized carbons (Fsp3) is 0.308. The van der Waals surface area contributed by atoms with Crippen molar-refractivity contribution in [3.63, 3.8) is 0 Å². The Bertz CT molecular complexity index is 553. The molecule has 0 aliphatic rings. The molecule has 0 radical (unpaired) electrons. The van der Waals surface area contributed by atoms with Crippen LogP contribution in [0.25, 0.3) is 0 Å². The summed E-state index contributed by atoms with van der Waals surface area (Å²) in [6.07, 6.45) is 2.14. The molecule has 0 heterocycles. The van der Waals surface area contributed by atoms with Crippen molar-refractivity contribution < 1.29 is 13.5 Å². The molecule has 1 atom stereocenters. The number of hydrogen-bond acceptors (Lipinski definition) is 4. The van der Waals surface area contributed by atoms with E-state index >= 15 is 0 Å². The van der Waals surface area contributed by atoms with Crippen LogP contribution in [0.1, 0.15) is 24.2 Å². The Labute approximate surface area is 107 Å². The number of hydrogen-bond donors (Lipinski definition) is 1. The summed E-state index contributed by atoms with van der Waals surface area (Å²) in [4.78, 5) is 0. The lowest BCUT2D eigenvalue weighted by Crippen LogP contribution is -2.16. The molecule has 0 saturated carbocycles. The lowest BCUT2D eigenvalue weighted by molar-refractivity contribution is 0.202. The van der Waals surface area contributed by atoms with Gasteiger partial charge in [-0.15, -0.1) is 0 Å². The molecule has 4 nitrogen and oxygen atoms in total. The molecule has 0 saturated heterocycles. The first-order valence-corrected chi connectivity index (χ1v) is 7.30. The molecular formula is C13H15NO3S. The van der Waals surface area contributed by atoms with Crippen LogP contribution in [0.3, 0.4) is 0 Å². The van der Waals surface area contributed by atoms with Crippen LogP contribution in [-0.4, -0.2) is 25.0 Å². The minimum atomic E-state index is -3.31. The summed E-state index contributed by atoms with van der Waals surface area (Å²) in [5.41, 5.74) is 0.973. The van der Waals surface area contributed by atoms with Gasteiger partial charge in [0.1, 0.15) is 0 Å². The second-order valence-corrected chi connectivity index (χ2v) is 6.05. The lowest BCUT2D eigenvalue weighted by atomic mass is 10.1. The van der Waals surface area contributed by atoms with E-state index in [-0.39, 0.29) is 11.5 Å². The molecule has 1 N–H and O–H groups in total. The molecule has 1 rings (SSSR count). The van der Waals surface area contributed by atoms with Gasteiger partial charge in [-0.05, 0) is 24.6 Å². The van der Waals surface area contributed by atoms with E-state index in [0.29, 0.717) is 11.1 Å². The molecule has 0 bridgehead atoms. The van der Waals surface area contributed by atoms with Gasteiger partial charge in [0.15, 0.2) is 9.84 Å². The maximum atomic E-state index is 11.6. The second-order valence-electron chi connectivity index (χ2n) is 3.90. The summed E-state index contributed by atoms with van der Waals surface area (Å²) in [6.45, 7) is 1.74. The van der Waals surface area contributed by atoms with Crippen LogP contribution < -0.4 is 0 Å². The number of nitriles is 1. The average molecular weight is 265 g/mol. The Balaban J connectivity index is 2.76. The van der Waals surface area contributed by atoms with Crippen LogP contribution in [0.5, 0.6) is 0 Å². The van der Waals surface area contributed by atoms with Gasteiger partial charge < -0.3 is 5.11 Å². The molecule has 0 aromatic heterocycles. The van der Waals surface area contributed by atoms with E-state index < -0.39 is 15.9 Å². The number of aliphatic hydroxyl groups excluding tert-OH is 1. The van der Waals surface area contributed by atoms with Gasteiger partial charge in [-0.25, -0.2) is 8.42 Å². The molecule has 1 aromatic rings. The summed E-state index contributed by atoms with van der Waals surface area (Å²) < 4.78 is 23.3. The first-order valence-electron chi connectivity index (χ1n) is 5.48. The van der Waals surface area contributed by atoms with Crippen LogP contribution >= 0.6 is 0 Å². The smallest absolute Gasteiger partial charge is 0.156 e. The van der Waals surface area contributed by atoms with Crippen LogP contribution in [0.4, 0.5) is 0 Å². The molecule has 1 aromatic carbocycles. The third-order valence-electron chi connectivity index (χ3n) is 2.42. The summed E-state index contributed by atoms with van der Waals surface area (Å²) >= 11 is 0. The molecule has 18 heavy (non-hydrogen) atoms. The third-order valence-corrected chi connectivity index (χ3v) is 3.95. The number of nitrogens with zero attached hydrogens (tertiary/aromatic N) is 1. The zero-order valence-corrected chi connectivity index (χ0v) is 10.9. The Morgan fingerprint density at radius 1 is 1.39 bits per heavy atom. The van der Waals surface area contributed by atoms with E-state index in [4.69, 9.17) is 5.26 Å². The molecular weight excluding hydrogens is 250 g/mol. The Kier molecular flexibility index (Phi) is 5.08. The maximum absolute atomic E-state index is 11.6. The van der Waals surface area contributed by atoms with Crippen molar-refractivity contribution in [2.24, 2.45) is 0 Å². The zero-order valence-electron chi connectivity index (χ0n) is 10.1. The van der Waals surface area contributed by atoms with Crippen LogP contribution in [0.2, 0.25) is 0 Å². The highest BCUT2D eigenvalue weighted by Gasteiger charge is 2.17. The van der Waals surface area contributed by atoms with Crippen molar-refractivity contribution in [1.82, 2.24) is 0 Å². The van der Waals surface area contributed by atoms with E-state index in [9.17, 15) is 13.5 Å². The number of benzene rings is 1. The van der Waals surface area contributed by atoms with Gasteiger partial charge in [0, 0.05) is 0 Å². The van der Waals surface area contributed by atoms with E-state index in [1.54, 1.807) is 43.3 Å². The highest BCUT2D eigenvalue weighted by atomic mass is 32.2. The predicted octanol–water partition coefficient (Wildman–Crippen LogP) is 1.58. The quantitative estimate of drug-likeness (QED) is 0.820. The van der Waals surface area contributed by atoms with Crippen molar-refractivity contribution in [3.05, 3.63) is 47.5 Å². The standard InChI is InChI=1S/C13H15NO3S/c1-2-3-8-18(16,17)10-13(15)12-6-4-11(9-14)5-7-12/h2-7,13,15H,8,10H2,1H3/b3-2+. The number of allylic oxidation sites excluding steroid dienone is 1. The van der Waals surface area contributed by atoms with Crippen LogP contribution in [0.15, 0.2) is 36.4 Å². The van der Waals surface area contributed by atoms with Crippen LogP contribution in [0, 0.1) is 11.3 Å². The molecule has 0 aliphatic heterocycles. The fourth-order valence-corrected chi connectivity index (χ4v) is 2.72. The van der Waals surface area contributed by atoms with E-state index in [1.807, 2.05) is 6.07 Å². The highest BCUT2D eigenvalue weighted by molar-refractivity contribution is 7.91. The molecule has 5 heteroatoms. The molecule has 96 valence electrons. The van der Waals surface area contributed by atoms with Crippen molar-refractivity contribution >= 4 is 9.84 Å². The van der Waals surface area contributed by atoms with E-state index in [1.165, 1.54) is 0 Å². The van der Waals surface area contributed by atoms with Gasteiger partial charge in [-0.3, -0.25) is 0 Å². The summed E-state index contributed by atoms with van der Waals surface area (Å²) in [6, 6.07) is 8.19. The molecule has 0 spiro atoms. The minimum absolute atomic E-state index is 0.0726. The zero-order chi connectivity index (χ0) is 13.6. The third kappa shape index (κ3) is 4.32. The number of rotatable bonds is 5.